The molecule has 194 valence electrons. The Kier molecular flexibility index (Phi) is 6.73. The van der Waals surface area contributed by atoms with Crippen LogP contribution in [-0.2, 0) is 16.1 Å². The van der Waals surface area contributed by atoms with Crippen molar-refractivity contribution < 1.29 is 19.1 Å². The van der Waals surface area contributed by atoms with Crippen LogP contribution in [0.4, 0.5) is 0 Å². The van der Waals surface area contributed by atoms with E-state index in [4.69, 9.17) is 4.74 Å². The fraction of sp³-hybridized carbons (Fsp3) is 0.667. The lowest BCUT2D eigenvalue weighted by Crippen LogP contribution is -2.60. The topological polar surface area (TPSA) is 82.2 Å². The molecule has 1 N–H and O–H groups in total. The average Bonchev–Trinajstić information content (AvgIpc) is 3.16. The summed E-state index contributed by atoms with van der Waals surface area (Å²) in [6.45, 7) is 4.94. The average molecular weight is 513 g/mol. The van der Waals surface area contributed by atoms with Crippen molar-refractivity contribution in [1.82, 2.24) is 19.4 Å². The van der Waals surface area contributed by atoms with Crippen LogP contribution < -0.4 is 10.1 Å². The number of imide groups is 1. The van der Waals surface area contributed by atoms with Gasteiger partial charge < -0.3 is 9.64 Å². The molecule has 3 saturated heterocycles. The maximum atomic E-state index is 13.0. The van der Waals surface area contributed by atoms with E-state index in [-0.39, 0.29) is 30.2 Å². The minimum absolute atomic E-state index is 0.142. The van der Waals surface area contributed by atoms with Crippen LogP contribution in [0.1, 0.15) is 67.3 Å². The summed E-state index contributed by atoms with van der Waals surface area (Å²) in [5, 5.41) is 2.36. The van der Waals surface area contributed by atoms with Crippen LogP contribution in [0.3, 0.4) is 0 Å². The molecular weight excluding hydrogens is 476 g/mol. The van der Waals surface area contributed by atoms with Crippen molar-refractivity contribution in [2.45, 2.75) is 76.1 Å². The molecule has 3 amide bonds. The third kappa shape index (κ3) is 4.65. The summed E-state index contributed by atoms with van der Waals surface area (Å²) in [6, 6.07) is 5.59. The molecule has 0 spiro atoms. The summed E-state index contributed by atoms with van der Waals surface area (Å²) in [7, 11) is 0. The highest BCUT2D eigenvalue weighted by Gasteiger charge is 2.42. The van der Waals surface area contributed by atoms with Gasteiger partial charge in [0.05, 0.1) is 0 Å². The number of thiol groups is 1. The van der Waals surface area contributed by atoms with Gasteiger partial charge in [-0.2, -0.15) is 0 Å². The Morgan fingerprint density at radius 1 is 0.944 bits per heavy atom. The van der Waals surface area contributed by atoms with Gasteiger partial charge in [-0.05, 0) is 74.1 Å². The number of ether oxygens (including phenoxy) is 1. The van der Waals surface area contributed by atoms with Crippen molar-refractivity contribution in [3.63, 3.8) is 0 Å². The Bertz CT molecular complexity index is 1040. The van der Waals surface area contributed by atoms with Gasteiger partial charge in [0.25, 0.3) is 5.91 Å². The molecule has 36 heavy (non-hydrogen) atoms. The van der Waals surface area contributed by atoms with Crippen LogP contribution in [-0.4, -0.2) is 76.2 Å². The Labute approximate surface area is 218 Å². The highest BCUT2D eigenvalue weighted by Crippen LogP contribution is 2.38. The van der Waals surface area contributed by atoms with Crippen molar-refractivity contribution in [3.8, 4) is 5.75 Å². The van der Waals surface area contributed by atoms with E-state index in [0.29, 0.717) is 24.6 Å². The third-order valence-corrected chi connectivity index (χ3v) is 9.44. The summed E-state index contributed by atoms with van der Waals surface area (Å²) in [6.07, 6.45) is 8.01. The molecule has 8 nitrogen and oxygen atoms in total. The van der Waals surface area contributed by atoms with E-state index in [9.17, 15) is 14.4 Å². The monoisotopic (exact) mass is 512 g/mol. The predicted octanol–water partition coefficient (Wildman–Crippen LogP) is 2.63. The zero-order chi connectivity index (χ0) is 24.8. The van der Waals surface area contributed by atoms with E-state index < -0.39 is 6.04 Å². The second-order valence-corrected chi connectivity index (χ2v) is 11.8. The number of likely N-dealkylation sites (tertiary alicyclic amines) is 1. The highest BCUT2D eigenvalue weighted by atomic mass is 32.1. The minimum atomic E-state index is -0.589. The first-order chi connectivity index (χ1) is 17.5. The number of hydrogen-bond acceptors (Lipinski definition) is 7. The molecule has 4 fully saturated rings. The summed E-state index contributed by atoms with van der Waals surface area (Å²) in [5.74, 6) is 1.65. The zero-order valence-electron chi connectivity index (χ0n) is 20.7. The molecule has 0 aromatic heterocycles. The SMILES string of the molecule is O=C1CCC(N2Cc3cc(OC4CCCCC4N4CC(C5CCN(S)CC5)C4)ccc3C2=O)C(=O)N1. The van der Waals surface area contributed by atoms with Gasteiger partial charge in [0.15, 0.2) is 0 Å². The Morgan fingerprint density at radius 3 is 2.50 bits per heavy atom. The molecule has 0 bridgehead atoms. The Balaban J connectivity index is 1.09. The molecule has 5 aliphatic rings. The number of nitrogens with one attached hydrogen (secondary N) is 1. The molecule has 3 unspecified atom stereocenters. The van der Waals surface area contributed by atoms with Gasteiger partial charge in [0, 0.05) is 50.7 Å². The van der Waals surface area contributed by atoms with E-state index >= 15 is 0 Å². The van der Waals surface area contributed by atoms with Gasteiger partial charge in [-0.25, -0.2) is 0 Å². The van der Waals surface area contributed by atoms with Crippen molar-refractivity contribution >= 4 is 30.5 Å². The largest absolute Gasteiger partial charge is 0.489 e. The molecule has 1 saturated carbocycles. The number of benzene rings is 1. The lowest BCUT2D eigenvalue weighted by Gasteiger charge is -2.51. The van der Waals surface area contributed by atoms with Crippen molar-refractivity contribution in [3.05, 3.63) is 29.3 Å². The second-order valence-electron chi connectivity index (χ2n) is 11.2. The summed E-state index contributed by atoms with van der Waals surface area (Å²) in [5.41, 5.74) is 1.53. The molecule has 1 aromatic rings. The first-order valence-corrected chi connectivity index (χ1v) is 14.0. The first-order valence-electron chi connectivity index (χ1n) is 13.6. The first kappa shape index (κ1) is 24.2. The molecule has 6 rings (SSSR count). The van der Waals surface area contributed by atoms with Gasteiger partial charge in [0.1, 0.15) is 17.9 Å². The normalized spacial score (nSPS) is 30.8. The molecule has 3 atom stereocenters. The summed E-state index contributed by atoms with van der Waals surface area (Å²) >= 11 is 4.50. The summed E-state index contributed by atoms with van der Waals surface area (Å²) in [4.78, 5) is 41.1. The molecule has 1 aliphatic carbocycles. The number of rotatable bonds is 5. The standard InChI is InChI=1S/C27H36N4O4S/c32-25-8-7-23(26(33)28-25)31-16-18-13-20(5-6-21(18)27(31)34)35-24-4-2-1-3-22(24)29-14-19(15-29)17-9-11-30(36)12-10-17/h5-6,13,17,19,22-24,36H,1-4,7-12,14-16H2,(H,28,32,33). The molecular formula is C27H36N4O4S. The number of carbonyl (C=O) groups excluding carboxylic acids is 3. The molecule has 4 aliphatic heterocycles. The molecule has 9 heteroatoms. The lowest BCUT2D eigenvalue weighted by molar-refractivity contribution is -0.136. The van der Waals surface area contributed by atoms with Gasteiger partial charge in [0.2, 0.25) is 11.8 Å². The van der Waals surface area contributed by atoms with Crippen LogP contribution in [0.5, 0.6) is 5.75 Å². The van der Waals surface area contributed by atoms with Crippen molar-refractivity contribution in [1.29, 1.82) is 0 Å². The van der Waals surface area contributed by atoms with Crippen LogP contribution in [0.25, 0.3) is 0 Å². The number of carbonyl (C=O) groups is 3. The molecule has 0 radical (unpaired) electrons. The van der Waals surface area contributed by atoms with E-state index in [1.807, 2.05) is 18.2 Å². The number of fused-ring (bicyclic) bond motifs is 1. The number of amides is 3. The fourth-order valence-corrected chi connectivity index (χ4v) is 7.14. The Morgan fingerprint density at radius 2 is 1.72 bits per heavy atom. The second kappa shape index (κ2) is 9.99. The maximum Gasteiger partial charge on any atom is 0.255 e. The van der Waals surface area contributed by atoms with E-state index in [0.717, 1.165) is 42.7 Å². The smallest absolute Gasteiger partial charge is 0.255 e. The number of piperidine rings is 2. The predicted molar refractivity (Wildman–Crippen MR) is 138 cm³/mol. The highest BCUT2D eigenvalue weighted by molar-refractivity contribution is 7.77. The third-order valence-electron chi connectivity index (χ3n) is 9.04. The van der Waals surface area contributed by atoms with Gasteiger partial charge in [-0.3, -0.25) is 28.9 Å². The molecule has 1 aromatic carbocycles. The maximum absolute atomic E-state index is 13.0. The van der Waals surface area contributed by atoms with Gasteiger partial charge >= 0.3 is 0 Å². The van der Waals surface area contributed by atoms with E-state index in [2.05, 4.69) is 27.3 Å². The number of nitrogens with zero attached hydrogens (tertiary/aromatic N) is 3. The van der Waals surface area contributed by atoms with Gasteiger partial charge in [-0.1, -0.05) is 19.2 Å². The Hall–Kier alpha value is -2.10. The summed E-state index contributed by atoms with van der Waals surface area (Å²) < 4.78 is 8.73. The zero-order valence-corrected chi connectivity index (χ0v) is 21.6. The quantitative estimate of drug-likeness (QED) is 0.466. The lowest BCUT2D eigenvalue weighted by atomic mass is 9.78. The van der Waals surface area contributed by atoms with Crippen LogP contribution >= 0.6 is 12.8 Å². The van der Waals surface area contributed by atoms with Crippen LogP contribution in [0.15, 0.2) is 18.2 Å². The van der Waals surface area contributed by atoms with E-state index in [1.54, 1.807) is 4.90 Å². The van der Waals surface area contributed by atoms with Gasteiger partial charge in [-0.15, -0.1) is 0 Å². The van der Waals surface area contributed by atoms with Crippen LogP contribution in [0.2, 0.25) is 0 Å². The number of hydrogen-bond donors (Lipinski definition) is 2. The fourth-order valence-electron chi connectivity index (χ4n) is 6.91. The molecule has 4 heterocycles. The van der Waals surface area contributed by atoms with Crippen molar-refractivity contribution in [2.24, 2.45) is 11.8 Å². The van der Waals surface area contributed by atoms with Crippen molar-refractivity contribution in [2.75, 3.05) is 26.2 Å². The minimum Gasteiger partial charge on any atom is -0.489 e. The van der Waals surface area contributed by atoms with E-state index in [1.165, 1.54) is 45.2 Å². The van der Waals surface area contributed by atoms with Crippen LogP contribution in [0, 0.1) is 11.8 Å².